The van der Waals surface area contributed by atoms with Crippen LogP contribution in [0, 0.1) is 0 Å². The van der Waals surface area contributed by atoms with Crippen LogP contribution in [0.15, 0.2) is 24.4 Å². The van der Waals surface area contributed by atoms with E-state index in [2.05, 4.69) is 9.59 Å². The molecule has 1 atom stereocenters. The van der Waals surface area contributed by atoms with Gasteiger partial charge >= 0.3 is 0 Å². The molecular weight excluding hydrogens is 253 g/mol. The van der Waals surface area contributed by atoms with Crippen molar-refractivity contribution >= 4 is 34.7 Å². The first-order valence-corrected chi connectivity index (χ1v) is 5.69. The van der Waals surface area contributed by atoms with Crippen LogP contribution in [0.1, 0.15) is 16.5 Å². The van der Waals surface area contributed by atoms with E-state index in [1.165, 1.54) is 11.5 Å². The molecule has 0 saturated carbocycles. The fourth-order valence-corrected chi connectivity index (χ4v) is 2.16. The average molecular weight is 260 g/mol. The summed E-state index contributed by atoms with van der Waals surface area (Å²) in [6.45, 7) is 0. The van der Waals surface area contributed by atoms with Gasteiger partial charge in [0.2, 0.25) is 0 Å². The van der Waals surface area contributed by atoms with Crippen LogP contribution < -0.4 is 5.73 Å². The summed E-state index contributed by atoms with van der Waals surface area (Å²) >= 11 is 13.2. The molecule has 0 aliphatic rings. The number of nitrogens with two attached hydrogens (primary N) is 1. The van der Waals surface area contributed by atoms with E-state index in [1.54, 1.807) is 24.4 Å². The van der Waals surface area contributed by atoms with Gasteiger partial charge < -0.3 is 5.73 Å². The van der Waals surface area contributed by atoms with Crippen LogP contribution >= 0.6 is 34.7 Å². The molecule has 0 spiro atoms. The first kappa shape index (κ1) is 10.8. The summed E-state index contributed by atoms with van der Waals surface area (Å²) in [4.78, 5) is 0.860. The quantitative estimate of drug-likeness (QED) is 0.903. The standard InChI is InChI=1S/C9H7Cl2N3S/c10-5-1-2-7(11)6(3-5)9(12)8-4-13-14-15-8/h1-4,9H,12H2. The summed E-state index contributed by atoms with van der Waals surface area (Å²) in [5.41, 5.74) is 6.81. The molecular formula is C9H7Cl2N3S. The second kappa shape index (κ2) is 4.45. The molecule has 0 radical (unpaired) electrons. The van der Waals surface area contributed by atoms with Crippen LogP contribution in [0.3, 0.4) is 0 Å². The Morgan fingerprint density at radius 2 is 2.13 bits per heavy atom. The molecule has 1 aromatic heterocycles. The van der Waals surface area contributed by atoms with Crippen LogP contribution in [0.25, 0.3) is 0 Å². The summed E-state index contributed by atoms with van der Waals surface area (Å²) in [6.07, 6.45) is 1.63. The van der Waals surface area contributed by atoms with Crippen molar-refractivity contribution in [2.24, 2.45) is 5.73 Å². The zero-order valence-corrected chi connectivity index (χ0v) is 9.85. The molecule has 15 heavy (non-hydrogen) atoms. The third-order valence-corrected chi connectivity index (χ3v) is 3.30. The lowest BCUT2D eigenvalue weighted by Crippen LogP contribution is -2.10. The minimum atomic E-state index is -0.323. The Labute approximate surface area is 101 Å². The van der Waals surface area contributed by atoms with E-state index in [0.29, 0.717) is 10.0 Å². The minimum Gasteiger partial charge on any atom is -0.319 e. The van der Waals surface area contributed by atoms with Gasteiger partial charge in [-0.05, 0) is 35.3 Å². The second-order valence-corrected chi connectivity index (χ2v) is 4.62. The molecule has 1 heterocycles. The lowest BCUT2D eigenvalue weighted by molar-refractivity contribution is 0.888. The molecule has 3 nitrogen and oxygen atoms in total. The van der Waals surface area contributed by atoms with Gasteiger partial charge in [-0.3, -0.25) is 0 Å². The summed E-state index contributed by atoms with van der Waals surface area (Å²) in [7, 11) is 0. The van der Waals surface area contributed by atoms with Crippen LogP contribution in [0.5, 0.6) is 0 Å². The largest absolute Gasteiger partial charge is 0.319 e. The number of rotatable bonds is 2. The summed E-state index contributed by atoms with van der Waals surface area (Å²) in [5.74, 6) is 0. The van der Waals surface area contributed by atoms with E-state index >= 15 is 0 Å². The molecule has 2 rings (SSSR count). The van der Waals surface area contributed by atoms with E-state index in [1.807, 2.05) is 0 Å². The predicted octanol–water partition coefficient (Wildman–Crippen LogP) is 2.89. The molecule has 0 fully saturated rings. The third-order valence-electron chi connectivity index (χ3n) is 1.98. The van der Waals surface area contributed by atoms with Gasteiger partial charge in [0.1, 0.15) is 0 Å². The van der Waals surface area contributed by atoms with Crippen molar-refractivity contribution in [2.45, 2.75) is 6.04 Å². The van der Waals surface area contributed by atoms with Crippen molar-refractivity contribution in [2.75, 3.05) is 0 Å². The number of hydrogen-bond donors (Lipinski definition) is 1. The zero-order chi connectivity index (χ0) is 10.8. The number of hydrogen-bond acceptors (Lipinski definition) is 4. The lowest BCUT2D eigenvalue weighted by Gasteiger charge is -2.11. The van der Waals surface area contributed by atoms with Crippen molar-refractivity contribution in [1.82, 2.24) is 9.59 Å². The third kappa shape index (κ3) is 2.29. The molecule has 2 aromatic rings. The molecule has 1 aromatic carbocycles. The van der Waals surface area contributed by atoms with E-state index in [-0.39, 0.29) is 6.04 Å². The fourth-order valence-electron chi connectivity index (χ4n) is 1.22. The Hall–Kier alpha value is -0.680. The lowest BCUT2D eigenvalue weighted by atomic mass is 10.1. The highest BCUT2D eigenvalue weighted by Gasteiger charge is 2.14. The van der Waals surface area contributed by atoms with Crippen LogP contribution in [0.4, 0.5) is 0 Å². The Balaban J connectivity index is 2.41. The highest BCUT2D eigenvalue weighted by Crippen LogP contribution is 2.29. The van der Waals surface area contributed by atoms with Crippen LogP contribution in [-0.2, 0) is 0 Å². The molecule has 0 bridgehead atoms. The smallest absolute Gasteiger partial charge is 0.0693 e. The molecule has 1 unspecified atom stereocenters. The van der Waals surface area contributed by atoms with Gasteiger partial charge in [0.05, 0.1) is 17.1 Å². The first-order chi connectivity index (χ1) is 7.18. The molecule has 2 N–H and O–H groups in total. The van der Waals surface area contributed by atoms with E-state index in [9.17, 15) is 0 Å². The first-order valence-electron chi connectivity index (χ1n) is 4.16. The number of nitrogens with zero attached hydrogens (tertiary/aromatic N) is 2. The van der Waals surface area contributed by atoms with Gasteiger partial charge in [-0.1, -0.05) is 27.7 Å². The SMILES string of the molecule is NC(c1cnns1)c1cc(Cl)ccc1Cl. The van der Waals surface area contributed by atoms with Gasteiger partial charge in [0, 0.05) is 10.0 Å². The maximum absolute atomic E-state index is 6.03. The summed E-state index contributed by atoms with van der Waals surface area (Å²) in [6, 6.07) is 4.89. The molecule has 0 aliphatic carbocycles. The molecule has 0 amide bonds. The number of benzene rings is 1. The van der Waals surface area contributed by atoms with E-state index in [4.69, 9.17) is 28.9 Å². The van der Waals surface area contributed by atoms with E-state index in [0.717, 1.165) is 10.4 Å². The van der Waals surface area contributed by atoms with Crippen molar-refractivity contribution in [3.63, 3.8) is 0 Å². The number of halogens is 2. The summed E-state index contributed by atoms with van der Waals surface area (Å²) < 4.78 is 3.76. The molecule has 6 heteroatoms. The topological polar surface area (TPSA) is 51.8 Å². The molecule has 0 aliphatic heterocycles. The highest BCUT2D eigenvalue weighted by molar-refractivity contribution is 7.05. The van der Waals surface area contributed by atoms with Gasteiger partial charge in [-0.2, -0.15) is 0 Å². The average Bonchev–Trinajstić information content (AvgIpc) is 2.74. The fraction of sp³-hybridized carbons (Fsp3) is 0.111. The monoisotopic (exact) mass is 259 g/mol. The summed E-state index contributed by atoms with van der Waals surface area (Å²) in [5, 5.41) is 4.94. The normalized spacial score (nSPS) is 12.7. The Morgan fingerprint density at radius 1 is 1.33 bits per heavy atom. The Kier molecular flexibility index (Phi) is 3.21. The molecule has 78 valence electrons. The van der Waals surface area contributed by atoms with Gasteiger partial charge in [0.25, 0.3) is 0 Å². The minimum absolute atomic E-state index is 0.323. The van der Waals surface area contributed by atoms with Crippen LogP contribution in [-0.4, -0.2) is 9.59 Å². The van der Waals surface area contributed by atoms with Crippen molar-refractivity contribution in [3.05, 3.63) is 44.9 Å². The maximum Gasteiger partial charge on any atom is 0.0693 e. The van der Waals surface area contributed by atoms with Gasteiger partial charge in [-0.15, -0.1) is 5.10 Å². The van der Waals surface area contributed by atoms with Crippen LogP contribution in [0.2, 0.25) is 10.0 Å². The zero-order valence-electron chi connectivity index (χ0n) is 7.52. The van der Waals surface area contributed by atoms with Gasteiger partial charge in [0.15, 0.2) is 0 Å². The second-order valence-electron chi connectivity index (χ2n) is 2.96. The number of aromatic nitrogens is 2. The molecule has 0 saturated heterocycles. The van der Waals surface area contributed by atoms with Gasteiger partial charge in [-0.25, -0.2) is 0 Å². The van der Waals surface area contributed by atoms with E-state index < -0.39 is 0 Å². The van der Waals surface area contributed by atoms with Crippen molar-refractivity contribution < 1.29 is 0 Å². The Bertz CT molecular complexity index is 458. The Morgan fingerprint density at radius 3 is 2.80 bits per heavy atom. The van der Waals surface area contributed by atoms with Crippen molar-refractivity contribution in [1.29, 1.82) is 0 Å². The van der Waals surface area contributed by atoms with Crippen molar-refractivity contribution in [3.8, 4) is 0 Å². The maximum atomic E-state index is 6.03. The predicted molar refractivity (Wildman–Crippen MR) is 62.4 cm³/mol. The highest BCUT2D eigenvalue weighted by atomic mass is 35.5.